The summed E-state index contributed by atoms with van der Waals surface area (Å²) in [6.07, 6.45) is 0. The normalized spacial score (nSPS) is 11.7. The molecule has 1 amide bonds. The monoisotopic (exact) mass is 426 g/mol. The fourth-order valence-electron chi connectivity index (χ4n) is 2.68. The Morgan fingerprint density at radius 3 is 2.57 bits per heavy atom. The Morgan fingerprint density at radius 1 is 1.13 bits per heavy atom. The summed E-state index contributed by atoms with van der Waals surface area (Å²) in [6, 6.07) is 11.7. The number of amides is 1. The zero-order valence-electron chi connectivity index (χ0n) is 16.9. The van der Waals surface area contributed by atoms with E-state index in [1.165, 1.54) is 23.9 Å². The molecule has 0 bridgehead atoms. The van der Waals surface area contributed by atoms with Gasteiger partial charge in [-0.2, -0.15) is 15.0 Å². The van der Waals surface area contributed by atoms with Gasteiger partial charge in [-0.15, -0.1) is 11.8 Å². The molecule has 0 aliphatic heterocycles. The molecule has 1 unspecified atom stereocenters. The zero-order chi connectivity index (χ0) is 21.7. The largest absolute Gasteiger partial charge is 0.368 e. The number of nitrogens with zero attached hydrogens (tertiary/aromatic N) is 3. The van der Waals surface area contributed by atoms with Crippen molar-refractivity contribution in [1.29, 1.82) is 0 Å². The Labute approximate surface area is 178 Å². The molecule has 7 nitrogen and oxygen atoms in total. The maximum Gasteiger partial charge on any atom is 0.237 e. The number of hydrogen-bond donors (Lipinski definition) is 3. The van der Waals surface area contributed by atoms with Gasteiger partial charge in [0.15, 0.2) is 0 Å². The highest BCUT2D eigenvalue weighted by Crippen LogP contribution is 2.21. The molecule has 1 heterocycles. The van der Waals surface area contributed by atoms with Gasteiger partial charge in [-0.3, -0.25) is 4.79 Å². The molecule has 1 aromatic heterocycles. The van der Waals surface area contributed by atoms with Crippen molar-refractivity contribution in [2.75, 3.05) is 16.4 Å². The van der Waals surface area contributed by atoms with Crippen molar-refractivity contribution in [3.63, 3.8) is 0 Å². The first-order chi connectivity index (χ1) is 14.3. The molecule has 0 radical (unpaired) electrons. The highest BCUT2D eigenvalue weighted by molar-refractivity contribution is 7.99. The van der Waals surface area contributed by atoms with Crippen LogP contribution in [0.15, 0.2) is 42.5 Å². The molecule has 30 heavy (non-hydrogen) atoms. The number of carbonyl (C=O) groups excluding carboxylic acids is 1. The summed E-state index contributed by atoms with van der Waals surface area (Å²) in [7, 11) is 0. The smallest absolute Gasteiger partial charge is 0.237 e. The molecule has 0 aliphatic carbocycles. The van der Waals surface area contributed by atoms with Crippen molar-refractivity contribution in [3.8, 4) is 0 Å². The second-order valence-electron chi connectivity index (χ2n) is 6.83. The number of benzene rings is 2. The van der Waals surface area contributed by atoms with Gasteiger partial charge in [0.2, 0.25) is 17.8 Å². The molecule has 9 heteroatoms. The number of aryl methyl sites for hydroxylation is 2. The highest BCUT2D eigenvalue weighted by Gasteiger charge is 2.16. The lowest BCUT2D eigenvalue weighted by Crippen LogP contribution is -2.23. The van der Waals surface area contributed by atoms with E-state index in [0.717, 1.165) is 16.8 Å². The quantitative estimate of drug-likeness (QED) is 0.519. The predicted octanol–water partition coefficient (Wildman–Crippen LogP) is 4.21. The van der Waals surface area contributed by atoms with Crippen LogP contribution in [0, 0.1) is 19.7 Å². The van der Waals surface area contributed by atoms with Crippen LogP contribution in [-0.4, -0.2) is 26.1 Å². The lowest BCUT2D eigenvalue weighted by molar-refractivity contribution is -0.115. The van der Waals surface area contributed by atoms with E-state index in [1.54, 1.807) is 12.1 Å². The van der Waals surface area contributed by atoms with Gasteiger partial charge in [0, 0.05) is 11.4 Å². The van der Waals surface area contributed by atoms with E-state index >= 15 is 0 Å². The number of nitrogen functional groups attached to an aromatic ring is 1. The number of hydrogen-bond acceptors (Lipinski definition) is 7. The van der Waals surface area contributed by atoms with Gasteiger partial charge in [0.25, 0.3) is 0 Å². The standard InChI is InChI=1S/C21H23FN6OS/c1-12-4-9-17(13(2)10-12)25-19(29)14(3)30-11-18-26-20(23)28-21(27-18)24-16-7-5-15(22)6-8-16/h4-10,14H,11H2,1-3H3,(H,25,29)(H3,23,24,26,27,28). The summed E-state index contributed by atoms with van der Waals surface area (Å²) in [4.78, 5) is 25.0. The zero-order valence-corrected chi connectivity index (χ0v) is 17.8. The third-order valence-electron chi connectivity index (χ3n) is 4.27. The van der Waals surface area contributed by atoms with Crippen molar-refractivity contribution in [1.82, 2.24) is 15.0 Å². The van der Waals surface area contributed by atoms with Gasteiger partial charge in [-0.05, 0) is 56.7 Å². The summed E-state index contributed by atoms with van der Waals surface area (Å²) in [5, 5.41) is 5.60. The lowest BCUT2D eigenvalue weighted by Gasteiger charge is -2.14. The van der Waals surface area contributed by atoms with Crippen LogP contribution in [0.5, 0.6) is 0 Å². The van der Waals surface area contributed by atoms with E-state index in [9.17, 15) is 9.18 Å². The number of anilines is 4. The van der Waals surface area contributed by atoms with Crippen LogP contribution in [0.4, 0.5) is 27.7 Å². The van der Waals surface area contributed by atoms with Crippen molar-refractivity contribution in [2.45, 2.75) is 31.8 Å². The van der Waals surface area contributed by atoms with E-state index in [0.29, 0.717) is 17.3 Å². The minimum Gasteiger partial charge on any atom is -0.368 e. The molecule has 3 rings (SSSR count). The van der Waals surface area contributed by atoms with Gasteiger partial charge >= 0.3 is 0 Å². The minimum atomic E-state index is -0.333. The first kappa shape index (κ1) is 21.5. The van der Waals surface area contributed by atoms with Gasteiger partial charge in [-0.1, -0.05) is 17.7 Å². The Morgan fingerprint density at radius 2 is 1.87 bits per heavy atom. The number of thioether (sulfide) groups is 1. The van der Waals surface area contributed by atoms with E-state index in [-0.39, 0.29) is 28.9 Å². The van der Waals surface area contributed by atoms with Crippen molar-refractivity contribution in [3.05, 3.63) is 65.2 Å². The summed E-state index contributed by atoms with van der Waals surface area (Å²) in [5.74, 6) is 0.726. The van der Waals surface area contributed by atoms with Crippen LogP contribution in [0.2, 0.25) is 0 Å². The molecule has 0 fully saturated rings. The van der Waals surface area contributed by atoms with Gasteiger partial charge in [0.1, 0.15) is 11.6 Å². The third kappa shape index (κ3) is 5.90. The molecule has 2 aromatic carbocycles. The summed E-state index contributed by atoms with van der Waals surface area (Å²) in [6.45, 7) is 5.80. The van der Waals surface area contributed by atoms with Crippen LogP contribution in [-0.2, 0) is 10.5 Å². The van der Waals surface area contributed by atoms with Gasteiger partial charge < -0.3 is 16.4 Å². The summed E-state index contributed by atoms with van der Waals surface area (Å²) >= 11 is 1.39. The maximum atomic E-state index is 13.0. The van der Waals surface area contributed by atoms with Crippen molar-refractivity contribution >= 4 is 40.9 Å². The van der Waals surface area contributed by atoms with Crippen molar-refractivity contribution in [2.24, 2.45) is 0 Å². The van der Waals surface area contributed by atoms with Crippen LogP contribution in [0.25, 0.3) is 0 Å². The minimum absolute atomic E-state index is 0.0672. The van der Waals surface area contributed by atoms with Gasteiger partial charge in [0.05, 0.1) is 11.0 Å². The Balaban J connectivity index is 1.61. The summed E-state index contributed by atoms with van der Waals surface area (Å²) < 4.78 is 13.0. The topological polar surface area (TPSA) is 106 Å². The second-order valence-corrected chi connectivity index (χ2v) is 8.16. The average Bonchev–Trinajstić information content (AvgIpc) is 2.69. The van der Waals surface area contributed by atoms with E-state index < -0.39 is 0 Å². The van der Waals surface area contributed by atoms with Crippen LogP contribution >= 0.6 is 11.8 Å². The molecule has 156 valence electrons. The number of aromatic nitrogens is 3. The lowest BCUT2D eigenvalue weighted by atomic mass is 10.1. The molecule has 4 N–H and O–H groups in total. The fraction of sp³-hybridized carbons (Fsp3) is 0.238. The first-order valence-corrected chi connectivity index (χ1v) is 10.4. The Hall–Kier alpha value is -3.20. The predicted molar refractivity (Wildman–Crippen MR) is 119 cm³/mol. The summed E-state index contributed by atoms with van der Waals surface area (Å²) in [5.41, 5.74) is 9.37. The molecule has 1 atom stereocenters. The van der Waals surface area contributed by atoms with E-state index in [4.69, 9.17) is 5.73 Å². The Bertz CT molecular complexity index is 1040. The van der Waals surface area contributed by atoms with Crippen LogP contribution < -0.4 is 16.4 Å². The van der Waals surface area contributed by atoms with Crippen LogP contribution in [0.3, 0.4) is 0 Å². The van der Waals surface area contributed by atoms with E-state index in [2.05, 4.69) is 25.6 Å². The number of nitrogens with one attached hydrogen (secondary N) is 2. The number of rotatable bonds is 7. The average molecular weight is 427 g/mol. The number of nitrogens with two attached hydrogens (primary N) is 1. The Kier molecular flexibility index (Phi) is 6.83. The molecule has 0 saturated heterocycles. The molecule has 3 aromatic rings. The molecular weight excluding hydrogens is 403 g/mol. The number of halogens is 1. The molecule has 0 aliphatic rings. The third-order valence-corrected chi connectivity index (χ3v) is 5.41. The fourth-order valence-corrected chi connectivity index (χ4v) is 3.42. The SMILES string of the molecule is Cc1ccc(NC(=O)C(C)SCc2nc(N)nc(Nc3ccc(F)cc3)n2)c(C)c1. The molecular formula is C21H23FN6OS. The molecule has 0 saturated carbocycles. The first-order valence-electron chi connectivity index (χ1n) is 9.33. The van der Waals surface area contributed by atoms with Crippen molar-refractivity contribution < 1.29 is 9.18 Å². The van der Waals surface area contributed by atoms with Gasteiger partial charge in [-0.25, -0.2) is 4.39 Å². The van der Waals surface area contributed by atoms with Crippen LogP contribution in [0.1, 0.15) is 23.9 Å². The second kappa shape index (κ2) is 9.53. The molecule has 0 spiro atoms. The highest BCUT2D eigenvalue weighted by atomic mass is 32.2. The van der Waals surface area contributed by atoms with E-state index in [1.807, 2.05) is 39.0 Å². The number of carbonyl (C=O) groups is 1. The maximum absolute atomic E-state index is 13.0.